The van der Waals surface area contributed by atoms with Gasteiger partial charge in [0.25, 0.3) is 5.91 Å². The van der Waals surface area contributed by atoms with Crippen molar-refractivity contribution in [3.05, 3.63) is 54.1 Å². The predicted molar refractivity (Wildman–Crippen MR) is 101 cm³/mol. The van der Waals surface area contributed by atoms with Crippen LogP contribution in [0.1, 0.15) is 5.56 Å². The number of methoxy groups -OCH3 is 1. The molecular formula is C20H17F4NO6. The molecule has 1 amide bonds. The minimum Gasteiger partial charge on any atom is -0.493 e. The molecule has 166 valence electrons. The quantitative estimate of drug-likeness (QED) is 0.338. The van der Waals surface area contributed by atoms with Crippen molar-refractivity contribution < 1.29 is 46.1 Å². The second-order valence-electron chi connectivity index (χ2n) is 5.68. The summed E-state index contributed by atoms with van der Waals surface area (Å²) in [6, 6.07) is 9.19. The molecule has 0 heterocycles. The zero-order valence-electron chi connectivity index (χ0n) is 16.0. The Morgan fingerprint density at radius 2 is 1.65 bits per heavy atom. The van der Waals surface area contributed by atoms with Gasteiger partial charge in [0.2, 0.25) is 0 Å². The maximum Gasteiger partial charge on any atom is 0.387 e. The minimum absolute atomic E-state index is 0.0418. The number of hydrogen-bond acceptors (Lipinski definition) is 6. The largest absolute Gasteiger partial charge is 0.493 e. The molecule has 2 rings (SSSR count). The van der Waals surface area contributed by atoms with E-state index in [0.29, 0.717) is 5.56 Å². The van der Waals surface area contributed by atoms with Gasteiger partial charge in [-0.1, -0.05) is 6.07 Å². The lowest BCUT2D eigenvalue weighted by Crippen LogP contribution is -2.20. The maximum absolute atomic E-state index is 12.3. The van der Waals surface area contributed by atoms with Crippen molar-refractivity contribution in [2.45, 2.75) is 13.2 Å². The number of alkyl halides is 4. The smallest absolute Gasteiger partial charge is 0.387 e. The van der Waals surface area contributed by atoms with Crippen LogP contribution in [0.2, 0.25) is 0 Å². The molecule has 7 nitrogen and oxygen atoms in total. The molecule has 1 N–H and O–H groups in total. The van der Waals surface area contributed by atoms with E-state index in [9.17, 15) is 27.2 Å². The lowest BCUT2D eigenvalue weighted by Gasteiger charge is -2.10. The summed E-state index contributed by atoms with van der Waals surface area (Å²) in [5.41, 5.74) is 0.724. The van der Waals surface area contributed by atoms with Crippen molar-refractivity contribution in [3.63, 3.8) is 0 Å². The van der Waals surface area contributed by atoms with Gasteiger partial charge in [0.05, 0.1) is 7.11 Å². The third-order valence-electron chi connectivity index (χ3n) is 3.52. The van der Waals surface area contributed by atoms with Gasteiger partial charge in [-0.25, -0.2) is 4.79 Å². The van der Waals surface area contributed by atoms with Crippen molar-refractivity contribution in [2.24, 2.45) is 0 Å². The van der Waals surface area contributed by atoms with Gasteiger partial charge >= 0.3 is 19.2 Å². The van der Waals surface area contributed by atoms with Gasteiger partial charge in [-0.2, -0.15) is 17.6 Å². The summed E-state index contributed by atoms with van der Waals surface area (Å²) in [5.74, 6) is -1.68. The van der Waals surface area contributed by atoms with Gasteiger partial charge in [0.15, 0.2) is 18.1 Å². The van der Waals surface area contributed by atoms with E-state index >= 15 is 0 Å². The van der Waals surface area contributed by atoms with Crippen LogP contribution >= 0.6 is 0 Å². The molecule has 0 saturated heterocycles. The number of carbonyl (C=O) groups excluding carboxylic acids is 2. The van der Waals surface area contributed by atoms with Crippen LogP contribution < -0.4 is 19.5 Å². The third kappa shape index (κ3) is 8.25. The van der Waals surface area contributed by atoms with Crippen molar-refractivity contribution in [1.82, 2.24) is 0 Å². The average molecular weight is 443 g/mol. The number of rotatable bonds is 10. The maximum atomic E-state index is 12.3. The molecule has 0 aromatic heterocycles. The summed E-state index contributed by atoms with van der Waals surface area (Å²) in [6.45, 7) is -6.57. The van der Waals surface area contributed by atoms with Gasteiger partial charge in [0, 0.05) is 11.8 Å². The molecule has 31 heavy (non-hydrogen) atoms. The minimum atomic E-state index is -3.01. The van der Waals surface area contributed by atoms with Crippen molar-refractivity contribution in [3.8, 4) is 17.2 Å². The van der Waals surface area contributed by atoms with Crippen LogP contribution in [0.3, 0.4) is 0 Å². The Bertz CT molecular complexity index is 918. The number of amides is 1. The van der Waals surface area contributed by atoms with Crippen molar-refractivity contribution in [1.29, 1.82) is 0 Å². The van der Waals surface area contributed by atoms with Gasteiger partial charge in [-0.05, 0) is 48.0 Å². The summed E-state index contributed by atoms with van der Waals surface area (Å²) in [6.07, 6.45) is 2.36. The Hall–Kier alpha value is -3.76. The molecule has 0 spiro atoms. The number of benzene rings is 2. The van der Waals surface area contributed by atoms with Crippen LogP contribution in [-0.2, 0) is 14.3 Å². The monoisotopic (exact) mass is 443 g/mol. The van der Waals surface area contributed by atoms with E-state index in [0.717, 1.165) is 6.08 Å². The van der Waals surface area contributed by atoms with Crippen LogP contribution in [0.25, 0.3) is 6.08 Å². The average Bonchev–Trinajstić information content (AvgIpc) is 2.72. The molecule has 0 atom stereocenters. The number of carbonyl (C=O) groups is 2. The molecule has 0 fully saturated rings. The van der Waals surface area contributed by atoms with Crippen LogP contribution in [0.4, 0.5) is 23.2 Å². The Kier molecular flexibility index (Phi) is 8.67. The molecule has 2 aromatic rings. The molecule has 0 aliphatic heterocycles. The van der Waals surface area contributed by atoms with Crippen LogP contribution in [0.5, 0.6) is 17.2 Å². The summed E-state index contributed by atoms with van der Waals surface area (Å²) in [5, 5.41) is 2.41. The van der Waals surface area contributed by atoms with E-state index < -0.39 is 31.7 Å². The first-order chi connectivity index (χ1) is 14.8. The van der Waals surface area contributed by atoms with Crippen LogP contribution in [0.15, 0.2) is 48.5 Å². The standard InChI is InChI=1S/C20H17F4NO6/c1-28-16-10-12(2-8-15(16)31-20(23)24)3-9-18(27)29-11-17(26)25-13-4-6-14(7-5-13)30-19(21)22/h2-10,19-20H,11H2,1H3,(H,25,26)/b9-3+. The van der Waals surface area contributed by atoms with Crippen LogP contribution in [-0.4, -0.2) is 38.8 Å². The Morgan fingerprint density at radius 3 is 2.26 bits per heavy atom. The summed E-state index contributed by atoms with van der Waals surface area (Å²) < 4.78 is 67.1. The fraction of sp³-hybridized carbons (Fsp3) is 0.200. The summed E-state index contributed by atoms with van der Waals surface area (Å²) >= 11 is 0. The molecule has 0 saturated carbocycles. The van der Waals surface area contributed by atoms with E-state index in [1.807, 2.05) is 0 Å². The second kappa shape index (κ2) is 11.4. The number of anilines is 1. The molecule has 11 heteroatoms. The van der Waals surface area contributed by atoms with Gasteiger partial charge < -0.3 is 24.3 Å². The van der Waals surface area contributed by atoms with Gasteiger partial charge in [-0.15, -0.1) is 0 Å². The van der Waals surface area contributed by atoms with E-state index in [2.05, 4.69) is 14.8 Å². The number of esters is 1. The first-order valence-corrected chi connectivity index (χ1v) is 8.59. The summed E-state index contributed by atoms with van der Waals surface area (Å²) in [4.78, 5) is 23.6. The van der Waals surface area contributed by atoms with Crippen molar-refractivity contribution in [2.75, 3.05) is 19.0 Å². The molecule has 0 unspecified atom stereocenters. The summed E-state index contributed by atoms with van der Waals surface area (Å²) in [7, 11) is 1.27. The Morgan fingerprint density at radius 1 is 0.968 bits per heavy atom. The number of hydrogen-bond donors (Lipinski definition) is 1. The van der Waals surface area contributed by atoms with Gasteiger partial charge in [-0.3, -0.25) is 4.79 Å². The number of ether oxygens (including phenoxy) is 4. The topological polar surface area (TPSA) is 83.1 Å². The zero-order valence-corrected chi connectivity index (χ0v) is 16.0. The fourth-order valence-corrected chi connectivity index (χ4v) is 2.25. The number of nitrogens with one attached hydrogen (secondary N) is 1. The van der Waals surface area contributed by atoms with Crippen LogP contribution in [0, 0.1) is 0 Å². The highest BCUT2D eigenvalue weighted by Gasteiger charge is 2.11. The fourth-order valence-electron chi connectivity index (χ4n) is 2.25. The molecular weight excluding hydrogens is 426 g/mol. The molecule has 2 aromatic carbocycles. The molecule has 0 aliphatic rings. The van der Waals surface area contributed by atoms with Crippen molar-refractivity contribution >= 4 is 23.6 Å². The van der Waals surface area contributed by atoms with E-state index in [4.69, 9.17) is 9.47 Å². The molecule has 0 bridgehead atoms. The van der Waals surface area contributed by atoms with E-state index in [-0.39, 0.29) is 22.9 Å². The Labute approximate surface area is 174 Å². The molecule has 0 radical (unpaired) electrons. The third-order valence-corrected chi connectivity index (χ3v) is 3.52. The SMILES string of the molecule is COc1cc(/C=C/C(=O)OCC(=O)Nc2ccc(OC(F)F)cc2)ccc1OC(F)F. The first kappa shape index (κ1) is 23.5. The zero-order chi connectivity index (χ0) is 22.8. The lowest BCUT2D eigenvalue weighted by molar-refractivity contribution is -0.142. The highest BCUT2D eigenvalue weighted by atomic mass is 19.3. The highest BCUT2D eigenvalue weighted by molar-refractivity contribution is 5.94. The second-order valence-corrected chi connectivity index (χ2v) is 5.68. The Balaban J connectivity index is 1.84. The normalized spacial score (nSPS) is 10.9. The van der Waals surface area contributed by atoms with Gasteiger partial charge in [0.1, 0.15) is 5.75 Å². The first-order valence-electron chi connectivity index (χ1n) is 8.59. The lowest BCUT2D eigenvalue weighted by atomic mass is 10.2. The van der Waals surface area contributed by atoms with E-state index in [1.54, 1.807) is 0 Å². The number of halogens is 4. The van der Waals surface area contributed by atoms with E-state index in [1.165, 1.54) is 55.7 Å². The predicted octanol–water partition coefficient (Wildman–Crippen LogP) is 4.09. The highest BCUT2D eigenvalue weighted by Crippen LogP contribution is 2.29. The molecule has 0 aliphatic carbocycles.